The van der Waals surface area contributed by atoms with Gasteiger partial charge in [-0.3, -0.25) is 9.36 Å². The van der Waals surface area contributed by atoms with Crippen LogP contribution in [0.15, 0.2) is 41.5 Å². The van der Waals surface area contributed by atoms with Crippen molar-refractivity contribution in [2.24, 2.45) is 5.92 Å². The highest BCUT2D eigenvalue weighted by atomic mass is 35.5. The summed E-state index contributed by atoms with van der Waals surface area (Å²) < 4.78 is 1.54. The largest absolute Gasteiger partial charge is 0.365 e. The van der Waals surface area contributed by atoms with Crippen molar-refractivity contribution in [2.75, 3.05) is 11.9 Å². The van der Waals surface area contributed by atoms with Crippen LogP contribution < -0.4 is 10.9 Å². The van der Waals surface area contributed by atoms with Gasteiger partial charge in [-0.2, -0.15) is 0 Å². The van der Waals surface area contributed by atoms with Crippen LogP contribution in [0.5, 0.6) is 0 Å². The van der Waals surface area contributed by atoms with Gasteiger partial charge in [0.15, 0.2) is 5.82 Å². The molecule has 2 aromatic rings. The lowest BCUT2D eigenvalue weighted by molar-refractivity contribution is 0.606. The van der Waals surface area contributed by atoms with Crippen LogP contribution in [0.25, 0.3) is 5.69 Å². The van der Waals surface area contributed by atoms with Crippen LogP contribution in [-0.4, -0.2) is 16.1 Å². The van der Waals surface area contributed by atoms with E-state index in [4.69, 9.17) is 11.6 Å². The number of aromatic nitrogens is 2. The molecule has 1 heterocycles. The van der Waals surface area contributed by atoms with Gasteiger partial charge in [0.25, 0.3) is 5.56 Å². The first-order valence-electron chi connectivity index (χ1n) is 6.65. The molecule has 0 fully saturated rings. The van der Waals surface area contributed by atoms with E-state index in [1.165, 1.54) is 4.57 Å². The molecular weight excluding hydrogens is 274 g/mol. The third-order valence-electron chi connectivity index (χ3n) is 2.94. The van der Waals surface area contributed by atoms with Gasteiger partial charge in [-0.25, -0.2) is 4.98 Å². The van der Waals surface area contributed by atoms with Gasteiger partial charge >= 0.3 is 0 Å². The zero-order valence-corrected chi connectivity index (χ0v) is 12.4. The minimum Gasteiger partial charge on any atom is -0.365 e. The average molecular weight is 292 g/mol. The summed E-state index contributed by atoms with van der Waals surface area (Å²) in [6.07, 6.45) is 4.24. The van der Waals surface area contributed by atoms with E-state index in [-0.39, 0.29) is 5.56 Å². The third kappa shape index (κ3) is 3.61. The van der Waals surface area contributed by atoms with Crippen molar-refractivity contribution in [3.8, 4) is 5.69 Å². The van der Waals surface area contributed by atoms with Crippen LogP contribution in [0.4, 0.5) is 5.82 Å². The van der Waals surface area contributed by atoms with Gasteiger partial charge in [0.1, 0.15) is 0 Å². The number of nitrogens with zero attached hydrogens (tertiary/aromatic N) is 2. The molecule has 0 atom stereocenters. The maximum absolute atomic E-state index is 12.4. The van der Waals surface area contributed by atoms with E-state index in [2.05, 4.69) is 24.1 Å². The van der Waals surface area contributed by atoms with E-state index >= 15 is 0 Å². The summed E-state index contributed by atoms with van der Waals surface area (Å²) in [5.74, 6) is 0.953. The number of hydrogen-bond donors (Lipinski definition) is 1. The highest BCUT2D eigenvalue weighted by Crippen LogP contribution is 2.13. The van der Waals surface area contributed by atoms with Gasteiger partial charge in [0.2, 0.25) is 0 Å². The van der Waals surface area contributed by atoms with Gasteiger partial charge in [-0.15, -0.1) is 0 Å². The summed E-state index contributed by atoms with van der Waals surface area (Å²) in [6.45, 7) is 5.02. The topological polar surface area (TPSA) is 46.9 Å². The summed E-state index contributed by atoms with van der Waals surface area (Å²) in [5, 5.41) is 3.69. The molecule has 0 bridgehead atoms. The maximum Gasteiger partial charge on any atom is 0.297 e. The number of halogens is 1. The second-order valence-electron chi connectivity index (χ2n) is 5.04. The Labute approximate surface area is 123 Å². The van der Waals surface area contributed by atoms with E-state index < -0.39 is 0 Å². The van der Waals surface area contributed by atoms with Crippen LogP contribution in [0, 0.1) is 5.92 Å². The summed E-state index contributed by atoms with van der Waals surface area (Å²) in [4.78, 5) is 16.5. The normalized spacial score (nSPS) is 10.8. The van der Waals surface area contributed by atoms with Gasteiger partial charge in [0, 0.05) is 24.0 Å². The SMILES string of the molecule is CC(C)CCNc1nccn(-c2cccc(Cl)c2)c1=O. The van der Waals surface area contributed by atoms with Crippen LogP contribution in [0.3, 0.4) is 0 Å². The molecule has 0 saturated heterocycles. The number of hydrogen-bond acceptors (Lipinski definition) is 3. The van der Waals surface area contributed by atoms with E-state index in [9.17, 15) is 4.79 Å². The fraction of sp³-hybridized carbons (Fsp3) is 0.333. The van der Waals surface area contributed by atoms with Crippen molar-refractivity contribution in [1.29, 1.82) is 0 Å². The van der Waals surface area contributed by atoms with E-state index in [1.54, 1.807) is 24.5 Å². The van der Waals surface area contributed by atoms with E-state index in [0.29, 0.717) is 16.8 Å². The lowest BCUT2D eigenvalue weighted by atomic mass is 10.1. The molecule has 106 valence electrons. The average Bonchev–Trinajstić information content (AvgIpc) is 2.40. The molecule has 2 rings (SSSR count). The van der Waals surface area contributed by atoms with E-state index in [0.717, 1.165) is 18.7 Å². The molecule has 1 aromatic carbocycles. The minimum absolute atomic E-state index is 0.168. The number of anilines is 1. The van der Waals surface area contributed by atoms with Crippen molar-refractivity contribution < 1.29 is 0 Å². The Kier molecular flexibility index (Phi) is 4.79. The summed E-state index contributed by atoms with van der Waals surface area (Å²) in [6, 6.07) is 7.18. The van der Waals surface area contributed by atoms with Gasteiger partial charge in [-0.1, -0.05) is 31.5 Å². The molecule has 20 heavy (non-hydrogen) atoms. The highest BCUT2D eigenvalue weighted by Gasteiger charge is 2.06. The lowest BCUT2D eigenvalue weighted by Crippen LogP contribution is -2.23. The van der Waals surface area contributed by atoms with Crippen LogP contribution in [-0.2, 0) is 0 Å². The van der Waals surface area contributed by atoms with Crippen molar-refractivity contribution in [3.05, 3.63) is 52.0 Å². The maximum atomic E-state index is 12.4. The van der Waals surface area contributed by atoms with Crippen LogP contribution in [0.2, 0.25) is 5.02 Å². The fourth-order valence-corrected chi connectivity index (χ4v) is 2.03. The first kappa shape index (κ1) is 14.6. The molecule has 0 radical (unpaired) electrons. The Hall–Kier alpha value is -1.81. The van der Waals surface area contributed by atoms with Gasteiger partial charge in [0.05, 0.1) is 5.69 Å². The van der Waals surface area contributed by atoms with Gasteiger partial charge in [-0.05, 0) is 30.5 Å². The quantitative estimate of drug-likeness (QED) is 0.919. The predicted octanol–water partition coefficient (Wildman–Crippen LogP) is 3.34. The van der Waals surface area contributed by atoms with Crippen molar-refractivity contribution in [2.45, 2.75) is 20.3 Å². The highest BCUT2D eigenvalue weighted by molar-refractivity contribution is 6.30. The Morgan fingerprint density at radius 3 is 2.90 bits per heavy atom. The first-order valence-corrected chi connectivity index (χ1v) is 7.03. The summed E-state index contributed by atoms with van der Waals surface area (Å²) >= 11 is 5.96. The molecule has 1 aromatic heterocycles. The lowest BCUT2D eigenvalue weighted by Gasteiger charge is -2.10. The molecule has 5 heteroatoms. The standard InChI is InChI=1S/C15H18ClN3O/c1-11(2)6-7-17-14-15(20)19(9-8-18-14)13-5-3-4-12(16)10-13/h3-5,8-11H,6-7H2,1-2H3,(H,17,18). The molecule has 0 aliphatic carbocycles. The number of nitrogens with one attached hydrogen (secondary N) is 1. The number of benzene rings is 1. The minimum atomic E-state index is -0.168. The third-order valence-corrected chi connectivity index (χ3v) is 3.18. The molecule has 0 unspecified atom stereocenters. The molecule has 1 N–H and O–H groups in total. The molecule has 0 spiro atoms. The second-order valence-corrected chi connectivity index (χ2v) is 5.48. The number of rotatable bonds is 5. The Balaban J connectivity index is 2.26. The summed E-state index contributed by atoms with van der Waals surface area (Å²) in [5.41, 5.74) is 0.565. The predicted molar refractivity (Wildman–Crippen MR) is 82.8 cm³/mol. The molecule has 4 nitrogen and oxygen atoms in total. The molecule has 0 aliphatic heterocycles. The fourth-order valence-electron chi connectivity index (χ4n) is 1.84. The Morgan fingerprint density at radius 2 is 2.20 bits per heavy atom. The van der Waals surface area contributed by atoms with Crippen molar-refractivity contribution in [3.63, 3.8) is 0 Å². The molecule has 0 aliphatic rings. The van der Waals surface area contributed by atoms with Crippen molar-refractivity contribution in [1.82, 2.24) is 9.55 Å². The molecule has 0 saturated carbocycles. The zero-order valence-electron chi connectivity index (χ0n) is 11.6. The van der Waals surface area contributed by atoms with Crippen LogP contribution in [0.1, 0.15) is 20.3 Å². The van der Waals surface area contributed by atoms with E-state index in [1.807, 2.05) is 12.1 Å². The van der Waals surface area contributed by atoms with Gasteiger partial charge < -0.3 is 5.32 Å². The smallest absolute Gasteiger partial charge is 0.297 e. The Bertz CT molecular complexity index is 637. The molecular formula is C15H18ClN3O. The monoisotopic (exact) mass is 291 g/mol. The first-order chi connectivity index (χ1) is 9.58. The zero-order chi connectivity index (χ0) is 14.5. The van der Waals surface area contributed by atoms with Crippen molar-refractivity contribution >= 4 is 17.4 Å². The van der Waals surface area contributed by atoms with Crippen LogP contribution >= 0.6 is 11.6 Å². The summed E-state index contributed by atoms with van der Waals surface area (Å²) in [7, 11) is 0. The Morgan fingerprint density at radius 1 is 1.40 bits per heavy atom. The molecule has 0 amide bonds. The second kappa shape index (κ2) is 6.57.